The Morgan fingerprint density at radius 3 is 2.80 bits per heavy atom. The highest BCUT2D eigenvalue weighted by Gasteiger charge is 2.06. The third kappa shape index (κ3) is 2.22. The fourth-order valence-electron chi connectivity index (χ4n) is 1.17. The topological polar surface area (TPSA) is 49.6 Å². The minimum absolute atomic E-state index is 0.405. The van der Waals surface area contributed by atoms with Crippen molar-refractivity contribution in [2.45, 2.75) is 6.92 Å². The van der Waals surface area contributed by atoms with Crippen molar-refractivity contribution >= 4 is 27.3 Å². The molecule has 0 radical (unpaired) electrons. The van der Waals surface area contributed by atoms with Gasteiger partial charge in [0.2, 0.25) is 0 Å². The molecule has 0 saturated heterocycles. The van der Waals surface area contributed by atoms with Crippen LogP contribution in [0.25, 0.3) is 10.7 Å². The van der Waals surface area contributed by atoms with Gasteiger partial charge in [-0.2, -0.15) is 5.26 Å². The zero-order chi connectivity index (χ0) is 10.8. The second kappa shape index (κ2) is 4.09. The Bertz CT molecular complexity index is 542. The molecule has 0 aliphatic heterocycles. The van der Waals surface area contributed by atoms with Crippen molar-refractivity contribution in [1.82, 2.24) is 9.97 Å². The van der Waals surface area contributed by atoms with Crippen LogP contribution in [0.1, 0.15) is 11.4 Å². The van der Waals surface area contributed by atoms with Crippen LogP contribution in [0.15, 0.2) is 22.0 Å². The fourth-order valence-corrected chi connectivity index (χ4v) is 2.53. The first kappa shape index (κ1) is 10.3. The van der Waals surface area contributed by atoms with Crippen LogP contribution >= 0.6 is 27.3 Å². The smallest absolute Gasteiger partial charge is 0.171 e. The predicted octanol–water partition coefficient (Wildman–Crippen LogP) is 3.15. The lowest BCUT2D eigenvalue weighted by Crippen LogP contribution is -1.93. The predicted molar refractivity (Wildman–Crippen MR) is 62.5 cm³/mol. The highest BCUT2D eigenvalue weighted by Crippen LogP contribution is 2.27. The summed E-state index contributed by atoms with van der Waals surface area (Å²) in [5.74, 6) is 0.613. The number of hydrogen-bond acceptors (Lipinski definition) is 4. The summed E-state index contributed by atoms with van der Waals surface area (Å²) in [6, 6.07) is 5.64. The molecule has 74 valence electrons. The molecular formula is C10H6BrN3S. The number of aromatic nitrogens is 2. The van der Waals surface area contributed by atoms with E-state index in [4.69, 9.17) is 5.26 Å². The van der Waals surface area contributed by atoms with Crippen molar-refractivity contribution in [3.05, 3.63) is 33.4 Å². The zero-order valence-electron chi connectivity index (χ0n) is 7.86. The van der Waals surface area contributed by atoms with Crippen LogP contribution in [0.2, 0.25) is 0 Å². The first-order valence-electron chi connectivity index (χ1n) is 4.19. The van der Waals surface area contributed by atoms with Gasteiger partial charge >= 0.3 is 0 Å². The molecule has 2 aromatic rings. The molecule has 2 aromatic heterocycles. The van der Waals surface area contributed by atoms with Gasteiger partial charge in [-0.15, -0.1) is 11.3 Å². The molecule has 2 heterocycles. The first-order chi connectivity index (χ1) is 7.19. The van der Waals surface area contributed by atoms with E-state index in [-0.39, 0.29) is 0 Å². The van der Waals surface area contributed by atoms with E-state index in [0.717, 1.165) is 15.0 Å². The minimum Gasteiger partial charge on any atom is -0.233 e. The summed E-state index contributed by atoms with van der Waals surface area (Å²) in [7, 11) is 0. The zero-order valence-corrected chi connectivity index (χ0v) is 10.3. The lowest BCUT2D eigenvalue weighted by molar-refractivity contribution is 1.10. The Morgan fingerprint density at radius 2 is 2.20 bits per heavy atom. The second-order valence-electron chi connectivity index (χ2n) is 2.96. The number of thiophene rings is 1. The molecule has 0 atom stereocenters. The van der Waals surface area contributed by atoms with Gasteiger partial charge in [-0.3, -0.25) is 0 Å². The highest BCUT2D eigenvalue weighted by atomic mass is 79.9. The normalized spacial score (nSPS) is 9.93. The Balaban J connectivity index is 2.54. The van der Waals surface area contributed by atoms with Gasteiger partial charge in [0.15, 0.2) is 5.82 Å². The van der Waals surface area contributed by atoms with Crippen LogP contribution in [0, 0.1) is 18.3 Å². The molecule has 0 N–H and O–H groups in total. The molecule has 0 aliphatic rings. The Morgan fingerprint density at radius 1 is 1.40 bits per heavy atom. The molecule has 5 heteroatoms. The van der Waals surface area contributed by atoms with Gasteiger partial charge in [-0.05, 0) is 35.0 Å². The third-order valence-electron chi connectivity index (χ3n) is 1.76. The molecule has 0 aromatic carbocycles. The molecule has 0 fully saturated rings. The van der Waals surface area contributed by atoms with Gasteiger partial charge in [-0.1, -0.05) is 0 Å². The largest absolute Gasteiger partial charge is 0.233 e. The molecule has 0 unspecified atom stereocenters. The maximum atomic E-state index is 8.79. The summed E-state index contributed by atoms with van der Waals surface area (Å²) in [5.41, 5.74) is 1.21. The summed E-state index contributed by atoms with van der Waals surface area (Å²) >= 11 is 4.92. The van der Waals surface area contributed by atoms with Crippen LogP contribution in [-0.2, 0) is 0 Å². The summed E-state index contributed by atoms with van der Waals surface area (Å²) in [4.78, 5) is 9.41. The van der Waals surface area contributed by atoms with Crippen molar-refractivity contribution in [1.29, 1.82) is 5.26 Å². The molecule has 3 nitrogen and oxygen atoms in total. The van der Waals surface area contributed by atoms with E-state index >= 15 is 0 Å². The molecule has 15 heavy (non-hydrogen) atoms. The van der Waals surface area contributed by atoms with Gasteiger partial charge in [-0.25, -0.2) is 9.97 Å². The van der Waals surface area contributed by atoms with E-state index in [1.807, 2.05) is 24.4 Å². The highest BCUT2D eigenvalue weighted by molar-refractivity contribution is 9.10. The SMILES string of the molecule is Cc1cc(C#N)nc(-c2cc(Br)cs2)n1. The lowest BCUT2D eigenvalue weighted by atomic mass is 10.3. The summed E-state index contributed by atoms with van der Waals surface area (Å²) in [5, 5.41) is 10.8. The standard InChI is InChI=1S/C10H6BrN3S/c1-6-2-8(4-12)14-10(13-6)9-3-7(11)5-15-9/h2-3,5H,1H3. The van der Waals surface area contributed by atoms with E-state index in [1.54, 1.807) is 17.4 Å². The van der Waals surface area contributed by atoms with Crippen molar-refractivity contribution < 1.29 is 0 Å². The van der Waals surface area contributed by atoms with Crippen LogP contribution in [0.3, 0.4) is 0 Å². The molecule has 0 bridgehead atoms. The van der Waals surface area contributed by atoms with E-state index < -0.39 is 0 Å². The first-order valence-corrected chi connectivity index (χ1v) is 5.86. The minimum atomic E-state index is 0.405. The van der Waals surface area contributed by atoms with Gasteiger partial charge in [0.25, 0.3) is 0 Å². The molecule has 0 saturated carbocycles. The van der Waals surface area contributed by atoms with E-state index in [9.17, 15) is 0 Å². The molecule has 2 rings (SSSR count). The van der Waals surface area contributed by atoms with Gasteiger partial charge in [0, 0.05) is 15.5 Å². The molecule has 0 amide bonds. The van der Waals surface area contributed by atoms with Gasteiger partial charge < -0.3 is 0 Å². The monoisotopic (exact) mass is 279 g/mol. The van der Waals surface area contributed by atoms with Crippen LogP contribution < -0.4 is 0 Å². The van der Waals surface area contributed by atoms with Crippen molar-refractivity contribution in [2.24, 2.45) is 0 Å². The number of halogens is 1. The third-order valence-corrected chi connectivity index (χ3v) is 3.44. The number of nitrogens with zero attached hydrogens (tertiary/aromatic N) is 3. The molecule has 0 spiro atoms. The van der Waals surface area contributed by atoms with Crippen molar-refractivity contribution in [3.8, 4) is 16.8 Å². The maximum Gasteiger partial charge on any atom is 0.171 e. The van der Waals surface area contributed by atoms with Crippen molar-refractivity contribution in [2.75, 3.05) is 0 Å². The number of nitriles is 1. The van der Waals surface area contributed by atoms with Crippen LogP contribution in [0.4, 0.5) is 0 Å². The summed E-state index contributed by atoms with van der Waals surface area (Å²) in [6.45, 7) is 1.86. The van der Waals surface area contributed by atoms with E-state index in [0.29, 0.717) is 11.5 Å². The second-order valence-corrected chi connectivity index (χ2v) is 4.79. The summed E-state index contributed by atoms with van der Waals surface area (Å²) in [6.07, 6.45) is 0. The van der Waals surface area contributed by atoms with Gasteiger partial charge in [0.1, 0.15) is 11.8 Å². The Labute approximate surface area is 99.6 Å². The number of hydrogen-bond donors (Lipinski definition) is 0. The lowest BCUT2D eigenvalue weighted by Gasteiger charge is -1.98. The maximum absolute atomic E-state index is 8.79. The molecular weight excluding hydrogens is 274 g/mol. The van der Waals surface area contributed by atoms with E-state index in [1.165, 1.54) is 0 Å². The fraction of sp³-hybridized carbons (Fsp3) is 0.100. The van der Waals surface area contributed by atoms with Crippen molar-refractivity contribution in [3.63, 3.8) is 0 Å². The average molecular weight is 280 g/mol. The number of rotatable bonds is 1. The van der Waals surface area contributed by atoms with Crippen LogP contribution in [-0.4, -0.2) is 9.97 Å². The number of aryl methyl sites for hydroxylation is 1. The Kier molecular flexibility index (Phi) is 2.80. The quantitative estimate of drug-likeness (QED) is 0.806. The Hall–Kier alpha value is -1.25. The van der Waals surface area contributed by atoms with Crippen LogP contribution in [0.5, 0.6) is 0 Å². The van der Waals surface area contributed by atoms with Gasteiger partial charge in [0.05, 0.1) is 4.88 Å². The van der Waals surface area contributed by atoms with E-state index in [2.05, 4.69) is 25.9 Å². The molecule has 0 aliphatic carbocycles. The average Bonchev–Trinajstić information content (AvgIpc) is 2.64. The summed E-state index contributed by atoms with van der Waals surface area (Å²) < 4.78 is 1.01.